The van der Waals surface area contributed by atoms with Crippen molar-refractivity contribution >= 4 is 19.2 Å². The molecule has 0 aromatic heterocycles. The molecule has 0 spiro atoms. The van der Waals surface area contributed by atoms with Gasteiger partial charge in [-0.25, -0.2) is 4.79 Å². The van der Waals surface area contributed by atoms with Crippen LogP contribution in [0.1, 0.15) is 51.9 Å². The molecule has 0 aliphatic rings. The Morgan fingerprint density at radius 3 is 1.94 bits per heavy atom. The molecule has 0 amide bonds. The van der Waals surface area contributed by atoms with E-state index in [1.165, 1.54) is 5.30 Å². The van der Waals surface area contributed by atoms with E-state index in [1.807, 2.05) is 12.1 Å². The molecule has 1 aromatic rings. The lowest BCUT2D eigenvalue weighted by Crippen LogP contribution is -2.31. The van der Waals surface area contributed by atoms with Gasteiger partial charge in [-0.1, -0.05) is 61.6 Å². The monoisotopic (exact) mass is 266 g/mol. The fourth-order valence-corrected chi connectivity index (χ4v) is 6.62. The van der Waals surface area contributed by atoms with Gasteiger partial charge in [-0.3, -0.25) is 0 Å². The Morgan fingerprint density at radius 2 is 1.56 bits per heavy atom. The van der Waals surface area contributed by atoms with Gasteiger partial charge in [0.15, 0.2) is 0 Å². The Labute approximate surface area is 111 Å². The largest absolute Gasteiger partial charge is 0.478 e. The Morgan fingerprint density at radius 1 is 1.06 bits per heavy atom. The summed E-state index contributed by atoms with van der Waals surface area (Å²) in [6.45, 7) is 13.4. The summed E-state index contributed by atoms with van der Waals surface area (Å²) in [5.41, 5.74) is 0.383. The zero-order valence-electron chi connectivity index (χ0n) is 12.1. The smallest absolute Gasteiger partial charge is 0.335 e. The number of benzene rings is 1. The van der Waals surface area contributed by atoms with E-state index in [1.54, 1.807) is 6.07 Å². The molecule has 0 saturated heterocycles. The number of aromatic carboxylic acids is 1. The molecule has 1 N–H and O–H groups in total. The molecule has 0 atom stereocenters. The Balaban J connectivity index is 3.31. The summed E-state index contributed by atoms with van der Waals surface area (Å²) < 4.78 is 0. The highest BCUT2D eigenvalue weighted by Crippen LogP contribution is 2.58. The second-order valence-electron chi connectivity index (χ2n) is 6.53. The molecular formula is C15H23O2P. The lowest BCUT2D eigenvalue weighted by Gasteiger charge is -2.41. The minimum Gasteiger partial charge on any atom is -0.478 e. The van der Waals surface area contributed by atoms with E-state index in [4.69, 9.17) is 5.11 Å². The topological polar surface area (TPSA) is 37.3 Å². The number of carboxylic acid groups (broad SMARTS) is 1. The van der Waals surface area contributed by atoms with Crippen LogP contribution in [-0.2, 0) is 0 Å². The zero-order chi connectivity index (χ0) is 14.1. The molecule has 0 unspecified atom stereocenters. The van der Waals surface area contributed by atoms with Crippen LogP contribution in [0, 0.1) is 0 Å². The van der Waals surface area contributed by atoms with E-state index in [0.717, 1.165) is 0 Å². The number of carboxylic acids is 1. The van der Waals surface area contributed by atoms with Gasteiger partial charge in [0.05, 0.1) is 5.56 Å². The van der Waals surface area contributed by atoms with Crippen LogP contribution in [0.15, 0.2) is 24.3 Å². The zero-order valence-corrected chi connectivity index (χ0v) is 13.0. The van der Waals surface area contributed by atoms with Gasteiger partial charge in [-0.2, -0.15) is 0 Å². The van der Waals surface area contributed by atoms with Gasteiger partial charge in [0.1, 0.15) is 0 Å². The summed E-state index contributed by atoms with van der Waals surface area (Å²) in [6, 6.07) is 7.41. The van der Waals surface area contributed by atoms with Crippen molar-refractivity contribution in [3.8, 4) is 0 Å². The average molecular weight is 266 g/mol. The Hall–Kier alpha value is -0.880. The van der Waals surface area contributed by atoms with E-state index < -0.39 is 13.9 Å². The standard InChI is InChI=1S/C15H23O2P/c1-14(2,3)18(15(4,5)6)12-9-7-8-11(10-12)13(16)17/h7-10H,1-6H3,(H,16,17). The summed E-state index contributed by atoms with van der Waals surface area (Å²) >= 11 is 0. The fraction of sp³-hybridized carbons (Fsp3) is 0.533. The van der Waals surface area contributed by atoms with Gasteiger partial charge in [-0.15, -0.1) is 0 Å². The number of hydrogen-bond donors (Lipinski definition) is 1. The van der Waals surface area contributed by atoms with Crippen molar-refractivity contribution in [3.63, 3.8) is 0 Å². The second-order valence-corrected chi connectivity index (χ2v) is 10.4. The molecule has 0 aliphatic carbocycles. The van der Waals surface area contributed by atoms with Gasteiger partial charge >= 0.3 is 5.97 Å². The highest BCUT2D eigenvalue weighted by atomic mass is 31.1. The SMILES string of the molecule is CC(C)(C)P(c1cccc(C(=O)O)c1)C(C)(C)C. The van der Waals surface area contributed by atoms with Crippen molar-refractivity contribution in [2.75, 3.05) is 0 Å². The first-order valence-electron chi connectivity index (χ1n) is 6.17. The Bertz CT molecular complexity index is 425. The predicted octanol–water partition coefficient (Wildman–Crippen LogP) is 4.09. The van der Waals surface area contributed by atoms with Crippen LogP contribution in [0.2, 0.25) is 0 Å². The molecule has 0 fully saturated rings. The maximum Gasteiger partial charge on any atom is 0.335 e. The average Bonchev–Trinajstić information content (AvgIpc) is 2.13. The van der Waals surface area contributed by atoms with Crippen molar-refractivity contribution in [2.24, 2.45) is 0 Å². The second kappa shape index (κ2) is 5.01. The number of rotatable bonds is 2. The quantitative estimate of drug-likeness (QED) is 0.819. The molecule has 0 bridgehead atoms. The third-order valence-electron chi connectivity index (χ3n) is 2.69. The van der Waals surface area contributed by atoms with E-state index in [9.17, 15) is 4.79 Å². The highest BCUT2D eigenvalue weighted by Gasteiger charge is 2.35. The van der Waals surface area contributed by atoms with Gasteiger partial charge in [0, 0.05) is 0 Å². The normalized spacial score (nSPS) is 12.8. The minimum atomic E-state index is -0.852. The van der Waals surface area contributed by atoms with Crippen LogP contribution >= 0.6 is 7.92 Å². The molecule has 1 aromatic carbocycles. The molecule has 0 aliphatic heterocycles. The molecule has 0 radical (unpaired) electrons. The maximum absolute atomic E-state index is 11.1. The minimum absolute atomic E-state index is 0.157. The van der Waals surface area contributed by atoms with Crippen LogP contribution < -0.4 is 5.30 Å². The van der Waals surface area contributed by atoms with E-state index in [0.29, 0.717) is 5.56 Å². The van der Waals surface area contributed by atoms with Crippen LogP contribution in [-0.4, -0.2) is 21.4 Å². The van der Waals surface area contributed by atoms with Gasteiger partial charge in [0.25, 0.3) is 0 Å². The van der Waals surface area contributed by atoms with Gasteiger partial charge < -0.3 is 5.11 Å². The molecule has 3 heteroatoms. The molecule has 1 rings (SSSR count). The first kappa shape index (κ1) is 15.2. The van der Waals surface area contributed by atoms with Crippen LogP contribution in [0.3, 0.4) is 0 Å². The van der Waals surface area contributed by atoms with Crippen LogP contribution in [0.4, 0.5) is 0 Å². The summed E-state index contributed by atoms with van der Waals surface area (Å²) in [5, 5.41) is 10.6. The first-order valence-corrected chi connectivity index (χ1v) is 7.51. The summed E-state index contributed by atoms with van der Waals surface area (Å²) in [5.74, 6) is -0.852. The molecule has 2 nitrogen and oxygen atoms in total. The molecule has 100 valence electrons. The molecule has 0 saturated carbocycles. The summed E-state index contributed by atoms with van der Waals surface area (Å²) in [6.07, 6.45) is 0. The van der Waals surface area contributed by atoms with Crippen molar-refractivity contribution < 1.29 is 9.90 Å². The number of hydrogen-bond acceptors (Lipinski definition) is 1. The van der Waals surface area contributed by atoms with Crippen molar-refractivity contribution in [3.05, 3.63) is 29.8 Å². The third kappa shape index (κ3) is 3.55. The predicted molar refractivity (Wildman–Crippen MR) is 79.5 cm³/mol. The maximum atomic E-state index is 11.1. The van der Waals surface area contributed by atoms with Gasteiger partial charge in [-0.05, 0) is 27.7 Å². The van der Waals surface area contributed by atoms with Crippen molar-refractivity contribution in [2.45, 2.75) is 51.9 Å². The molecular weight excluding hydrogens is 243 g/mol. The molecule has 0 heterocycles. The Kier molecular flexibility index (Phi) is 4.23. The van der Waals surface area contributed by atoms with E-state index in [2.05, 4.69) is 47.6 Å². The lowest BCUT2D eigenvalue weighted by atomic mass is 10.2. The first-order chi connectivity index (χ1) is 8.03. The fourth-order valence-electron chi connectivity index (χ4n) is 2.56. The molecule has 18 heavy (non-hydrogen) atoms. The van der Waals surface area contributed by atoms with E-state index in [-0.39, 0.29) is 10.3 Å². The highest BCUT2D eigenvalue weighted by molar-refractivity contribution is 7.68. The number of carbonyl (C=O) groups is 1. The summed E-state index contributed by atoms with van der Waals surface area (Å²) in [4.78, 5) is 11.1. The van der Waals surface area contributed by atoms with Crippen LogP contribution in [0.25, 0.3) is 0 Å². The van der Waals surface area contributed by atoms with Crippen molar-refractivity contribution in [1.29, 1.82) is 0 Å². The van der Waals surface area contributed by atoms with E-state index >= 15 is 0 Å². The van der Waals surface area contributed by atoms with Crippen LogP contribution in [0.5, 0.6) is 0 Å². The third-order valence-corrected chi connectivity index (χ3v) is 6.17. The van der Waals surface area contributed by atoms with Crippen molar-refractivity contribution in [1.82, 2.24) is 0 Å². The lowest BCUT2D eigenvalue weighted by molar-refractivity contribution is 0.0697. The van der Waals surface area contributed by atoms with Gasteiger partial charge in [0.2, 0.25) is 0 Å². The summed E-state index contributed by atoms with van der Waals surface area (Å²) in [7, 11) is -0.442.